The van der Waals surface area contributed by atoms with Crippen LogP contribution in [0.4, 0.5) is 0 Å². The second-order valence-corrected chi connectivity index (χ2v) is 3.90. The predicted octanol–water partition coefficient (Wildman–Crippen LogP) is 3.16. The second kappa shape index (κ2) is 4.10. The summed E-state index contributed by atoms with van der Waals surface area (Å²) < 4.78 is 1.75. The van der Waals surface area contributed by atoms with E-state index >= 15 is 0 Å². The molecule has 0 aliphatic heterocycles. The van der Waals surface area contributed by atoms with Crippen LogP contribution in [0.25, 0.3) is 10.9 Å². The number of fused-ring (bicyclic) bond motifs is 1. The van der Waals surface area contributed by atoms with E-state index in [-0.39, 0.29) is 6.04 Å². The number of allylic oxidation sites excluding steroid dienone is 1. The minimum absolute atomic E-state index is 0.0228. The van der Waals surface area contributed by atoms with E-state index in [1.165, 1.54) is 0 Å². The minimum atomic E-state index is -0.536. The van der Waals surface area contributed by atoms with Crippen molar-refractivity contribution in [3.8, 4) is 0 Å². The van der Waals surface area contributed by atoms with E-state index in [4.69, 9.17) is 11.6 Å². The Bertz CT molecular complexity index is 559. The smallest absolute Gasteiger partial charge is 0.273 e. The van der Waals surface area contributed by atoms with Gasteiger partial charge in [0, 0.05) is 5.39 Å². The lowest BCUT2D eigenvalue weighted by Gasteiger charge is -2.07. The summed E-state index contributed by atoms with van der Waals surface area (Å²) in [4.78, 5) is 11.2. The van der Waals surface area contributed by atoms with Crippen LogP contribution in [0.2, 0.25) is 0 Å². The Morgan fingerprint density at radius 2 is 2.25 bits per heavy atom. The monoisotopic (exact) mass is 234 g/mol. The second-order valence-electron chi connectivity index (χ2n) is 3.56. The van der Waals surface area contributed by atoms with Gasteiger partial charge in [-0.3, -0.25) is 9.48 Å². The molecule has 0 aliphatic carbocycles. The largest absolute Gasteiger partial charge is 0.274 e. The molecule has 0 amide bonds. The molecule has 0 spiro atoms. The molecule has 1 aromatic carbocycles. The van der Waals surface area contributed by atoms with Crippen molar-refractivity contribution >= 4 is 27.7 Å². The van der Waals surface area contributed by atoms with Crippen LogP contribution in [-0.4, -0.2) is 15.0 Å². The standard InChI is InChI=1S/C12H11ClN2O/c1-3-8(2)15-10-7-5-4-6-9(10)11(14-15)12(13)16/h3-8H,1H2,2H3. The average molecular weight is 235 g/mol. The van der Waals surface area contributed by atoms with Gasteiger partial charge in [-0.15, -0.1) is 6.58 Å². The molecule has 1 unspecified atom stereocenters. The number of para-hydroxylation sites is 1. The summed E-state index contributed by atoms with van der Waals surface area (Å²) in [6.07, 6.45) is 1.77. The van der Waals surface area contributed by atoms with Crippen LogP contribution < -0.4 is 0 Å². The van der Waals surface area contributed by atoms with Crippen molar-refractivity contribution in [3.63, 3.8) is 0 Å². The number of rotatable bonds is 3. The third-order valence-corrected chi connectivity index (χ3v) is 2.71. The van der Waals surface area contributed by atoms with Gasteiger partial charge in [-0.2, -0.15) is 5.10 Å². The zero-order valence-corrected chi connectivity index (χ0v) is 9.61. The number of benzene rings is 1. The van der Waals surface area contributed by atoms with Gasteiger partial charge >= 0.3 is 0 Å². The molecule has 2 aromatic rings. The quantitative estimate of drug-likeness (QED) is 0.604. The van der Waals surface area contributed by atoms with E-state index in [2.05, 4.69) is 11.7 Å². The summed E-state index contributed by atoms with van der Waals surface area (Å²) in [6, 6.07) is 7.53. The number of hydrogen-bond donors (Lipinski definition) is 0. The molecule has 1 heterocycles. The molecule has 82 valence electrons. The van der Waals surface area contributed by atoms with Gasteiger partial charge in [0.05, 0.1) is 11.6 Å². The molecule has 0 radical (unpaired) electrons. The zero-order chi connectivity index (χ0) is 11.7. The Kier molecular flexibility index (Phi) is 2.79. The van der Waals surface area contributed by atoms with E-state index in [1.54, 1.807) is 10.8 Å². The third-order valence-electron chi connectivity index (χ3n) is 2.53. The minimum Gasteiger partial charge on any atom is -0.274 e. The fourth-order valence-corrected chi connectivity index (χ4v) is 1.78. The maximum atomic E-state index is 11.2. The average Bonchev–Trinajstić information content (AvgIpc) is 2.67. The Balaban J connectivity index is 2.76. The van der Waals surface area contributed by atoms with Crippen LogP contribution in [0.1, 0.15) is 23.5 Å². The summed E-state index contributed by atoms with van der Waals surface area (Å²) >= 11 is 5.50. The summed E-state index contributed by atoms with van der Waals surface area (Å²) in [5, 5.41) is 4.46. The van der Waals surface area contributed by atoms with E-state index < -0.39 is 5.24 Å². The molecule has 0 saturated carbocycles. The molecule has 2 rings (SSSR count). The maximum Gasteiger partial charge on any atom is 0.273 e. The summed E-state index contributed by atoms with van der Waals surface area (Å²) in [7, 11) is 0. The van der Waals surface area contributed by atoms with Gasteiger partial charge < -0.3 is 0 Å². The lowest BCUT2D eigenvalue weighted by Crippen LogP contribution is -2.04. The molecule has 1 aromatic heterocycles. The number of carbonyl (C=O) groups is 1. The third kappa shape index (κ3) is 1.63. The van der Waals surface area contributed by atoms with Crippen LogP contribution in [0.3, 0.4) is 0 Å². The summed E-state index contributed by atoms with van der Waals surface area (Å²) in [6.45, 7) is 5.67. The molecule has 0 fully saturated rings. The van der Waals surface area contributed by atoms with Crippen molar-refractivity contribution in [1.82, 2.24) is 9.78 Å². The Morgan fingerprint density at radius 3 is 2.88 bits per heavy atom. The van der Waals surface area contributed by atoms with E-state index in [0.717, 1.165) is 10.9 Å². The van der Waals surface area contributed by atoms with E-state index in [0.29, 0.717) is 5.69 Å². The van der Waals surface area contributed by atoms with Crippen molar-refractivity contribution < 1.29 is 4.79 Å². The van der Waals surface area contributed by atoms with Gasteiger partial charge in [0.1, 0.15) is 0 Å². The summed E-state index contributed by atoms with van der Waals surface area (Å²) in [5.74, 6) is 0. The highest BCUT2D eigenvalue weighted by molar-refractivity contribution is 6.68. The van der Waals surface area contributed by atoms with Gasteiger partial charge in [0.25, 0.3) is 5.24 Å². The first-order valence-corrected chi connectivity index (χ1v) is 5.32. The summed E-state index contributed by atoms with van der Waals surface area (Å²) in [5.41, 5.74) is 1.19. The van der Waals surface area contributed by atoms with Gasteiger partial charge in [0.15, 0.2) is 5.69 Å². The number of halogens is 1. The van der Waals surface area contributed by atoms with Crippen molar-refractivity contribution in [3.05, 3.63) is 42.6 Å². The van der Waals surface area contributed by atoms with Crippen LogP contribution in [0.15, 0.2) is 36.9 Å². The first-order chi connectivity index (χ1) is 7.65. The van der Waals surface area contributed by atoms with Crippen molar-refractivity contribution in [2.45, 2.75) is 13.0 Å². The lowest BCUT2D eigenvalue weighted by molar-refractivity contribution is 0.107. The number of nitrogens with zero attached hydrogens (tertiary/aromatic N) is 2. The molecule has 0 aliphatic rings. The SMILES string of the molecule is C=CC(C)n1nc(C(=O)Cl)c2ccccc21. The van der Waals surface area contributed by atoms with Crippen LogP contribution in [0.5, 0.6) is 0 Å². The van der Waals surface area contributed by atoms with E-state index in [9.17, 15) is 4.79 Å². The molecule has 1 atom stereocenters. The van der Waals surface area contributed by atoms with Crippen LogP contribution in [0, 0.1) is 0 Å². The Morgan fingerprint density at radius 1 is 1.56 bits per heavy atom. The normalized spacial score (nSPS) is 12.6. The fourth-order valence-electron chi connectivity index (χ4n) is 1.64. The molecule has 0 bridgehead atoms. The van der Waals surface area contributed by atoms with E-state index in [1.807, 2.05) is 31.2 Å². The van der Waals surface area contributed by atoms with Gasteiger partial charge in [-0.05, 0) is 24.6 Å². The molecule has 0 saturated heterocycles. The van der Waals surface area contributed by atoms with Crippen LogP contribution in [-0.2, 0) is 0 Å². The number of hydrogen-bond acceptors (Lipinski definition) is 2. The zero-order valence-electron chi connectivity index (χ0n) is 8.85. The first-order valence-electron chi connectivity index (χ1n) is 4.94. The molecule has 4 heteroatoms. The molecular weight excluding hydrogens is 224 g/mol. The van der Waals surface area contributed by atoms with Gasteiger partial charge in [-0.1, -0.05) is 24.3 Å². The van der Waals surface area contributed by atoms with Crippen LogP contribution >= 0.6 is 11.6 Å². The highest BCUT2D eigenvalue weighted by Gasteiger charge is 2.16. The Labute approximate surface area is 98.3 Å². The molecule has 0 N–H and O–H groups in total. The topological polar surface area (TPSA) is 34.9 Å². The highest BCUT2D eigenvalue weighted by atomic mass is 35.5. The molecule has 3 nitrogen and oxygen atoms in total. The molecular formula is C12H11ClN2O. The first kappa shape index (κ1) is 10.9. The number of carbonyl (C=O) groups excluding carboxylic acids is 1. The van der Waals surface area contributed by atoms with Crippen molar-refractivity contribution in [2.24, 2.45) is 0 Å². The number of aromatic nitrogens is 2. The van der Waals surface area contributed by atoms with Crippen molar-refractivity contribution in [2.75, 3.05) is 0 Å². The highest BCUT2D eigenvalue weighted by Crippen LogP contribution is 2.23. The maximum absolute atomic E-state index is 11.2. The lowest BCUT2D eigenvalue weighted by atomic mass is 10.2. The Hall–Kier alpha value is -1.61. The fraction of sp³-hybridized carbons (Fsp3) is 0.167. The predicted molar refractivity (Wildman–Crippen MR) is 64.8 cm³/mol. The van der Waals surface area contributed by atoms with Crippen molar-refractivity contribution in [1.29, 1.82) is 0 Å². The van der Waals surface area contributed by atoms with Gasteiger partial charge in [-0.25, -0.2) is 0 Å². The molecule has 16 heavy (non-hydrogen) atoms. The van der Waals surface area contributed by atoms with Gasteiger partial charge in [0.2, 0.25) is 0 Å².